The lowest BCUT2D eigenvalue weighted by atomic mass is 9.91. The van der Waals surface area contributed by atoms with Crippen LogP contribution in [0.15, 0.2) is 54.2 Å². The molecule has 0 saturated carbocycles. The zero-order valence-electron chi connectivity index (χ0n) is 14.0. The number of para-hydroxylation sites is 1. The monoisotopic (exact) mass is 368 g/mol. The molecule has 0 radical (unpaired) electrons. The zero-order chi connectivity index (χ0) is 18.3. The summed E-state index contributed by atoms with van der Waals surface area (Å²) < 4.78 is 0. The molecule has 1 fully saturated rings. The summed E-state index contributed by atoms with van der Waals surface area (Å²) in [6.45, 7) is 2.57. The third-order valence-electron chi connectivity index (χ3n) is 4.85. The van der Waals surface area contributed by atoms with Crippen molar-refractivity contribution in [1.29, 1.82) is 0 Å². The number of phenols is 1. The van der Waals surface area contributed by atoms with Crippen molar-refractivity contribution in [3.8, 4) is 5.75 Å². The summed E-state index contributed by atoms with van der Waals surface area (Å²) >= 11 is 6.27. The third-order valence-corrected chi connectivity index (χ3v) is 5.17. The normalized spacial score (nSPS) is 17.2. The minimum atomic E-state index is -0.302. The molecule has 0 aromatic heterocycles. The van der Waals surface area contributed by atoms with Crippen LogP contribution < -0.4 is 4.90 Å². The number of carbonyl (C=O) groups excluding carboxylic acids is 2. The fourth-order valence-electron chi connectivity index (χ4n) is 3.51. The number of ketones is 2. The van der Waals surface area contributed by atoms with Gasteiger partial charge in [-0.3, -0.25) is 9.59 Å². The van der Waals surface area contributed by atoms with Crippen molar-refractivity contribution in [2.24, 2.45) is 0 Å². The van der Waals surface area contributed by atoms with Crippen LogP contribution in [0.5, 0.6) is 5.75 Å². The van der Waals surface area contributed by atoms with Crippen molar-refractivity contribution in [3.63, 3.8) is 0 Å². The molecule has 26 heavy (non-hydrogen) atoms. The number of hydrogen-bond acceptors (Lipinski definition) is 5. The van der Waals surface area contributed by atoms with Gasteiger partial charge in [-0.2, -0.15) is 0 Å². The Bertz CT molecular complexity index is 930. The van der Waals surface area contributed by atoms with Crippen LogP contribution in [0.3, 0.4) is 0 Å². The average molecular weight is 369 g/mol. The molecule has 132 valence electrons. The smallest absolute Gasteiger partial charge is 0.213 e. The van der Waals surface area contributed by atoms with Gasteiger partial charge in [-0.15, -0.1) is 0 Å². The molecule has 1 heterocycles. The van der Waals surface area contributed by atoms with Crippen molar-refractivity contribution in [2.45, 2.75) is 0 Å². The predicted molar refractivity (Wildman–Crippen MR) is 100 cm³/mol. The zero-order valence-corrected chi connectivity index (χ0v) is 14.7. The Morgan fingerprint density at radius 1 is 0.885 bits per heavy atom. The van der Waals surface area contributed by atoms with E-state index in [0.29, 0.717) is 36.9 Å². The van der Waals surface area contributed by atoms with Gasteiger partial charge in [-0.25, -0.2) is 0 Å². The summed E-state index contributed by atoms with van der Waals surface area (Å²) in [6, 6.07) is 12.2. The Morgan fingerprint density at radius 3 is 2.31 bits per heavy atom. The largest absolute Gasteiger partial charge is 0.507 e. The number of allylic oxidation sites excluding steroid dienone is 2. The molecule has 0 unspecified atom stereocenters. The van der Waals surface area contributed by atoms with Gasteiger partial charge in [0.05, 0.1) is 22.0 Å². The molecule has 2 aliphatic rings. The van der Waals surface area contributed by atoms with E-state index in [9.17, 15) is 14.7 Å². The highest BCUT2D eigenvalue weighted by Crippen LogP contribution is 2.31. The number of phenolic OH excluding ortho intramolecular Hbond substituents is 1. The summed E-state index contributed by atoms with van der Waals surface area (Å²) in [7, 11) is 0. The molecule has 0 bridgehead atoms. The van der Waals surface area contributed by atoms with Crippen LogP contribution in [0.4, 0.5) is 5.69 Å². The van der Waals surface area contributed by atoms with Gasteiger partial charge < -0.3 is 14.9 Å². The number of hydrogen-bond donors (Lipinski definition) is 1. The van der Waals surface area contributed by atoms with E-state index >= 15 is 0 Å². The van der Waals surface area contributed by atoms with E-state index in [4.69, 9.17) is 11.6 Å². The van der Waals surface area contributed by atoms with Gasteiger partial charge in [0.15, 0.2) is 5.78 Å². The maximum absolute atomic E-state index is 12.8. The highest BCUT2D eigenvalue weighted by molar-refractivity contribution is 6.33. The van der Waals surface area contributed by atoms with Crippen LogP contribution in [0.25, 0.3) is 0 Å². The lowest BCUT2D eigenvalue weighted by Crippen LogP contribution is -2.47. The van der Waals surface area contributed by atoms with E-state index in [1.165, 1.54) is 12.1 Å². The number of nitrogens with zero attached hydrogens (tertiary/aromatic N) is 2. The van der Waals surface area contributed by atoms with E-state index in [2.05, 4.69) is 4.90 Å². The standard InChI is InChI=1S/C20H17ClN2O3/c21-14-5-1-2-6-15(14)22-8-10-23(11-9-22)16-12-18(25)13-4-3-7-17(24)19(13)20(16)26/h1-7,12,24H,8-11H2. The Morgan fingerprint density at radius 2 is 1.58 bits per heavy atom. The Kier molecular flexibility index (Phi) is 4.17. The molecular weight excluding hydrogens is 352 g/mol. The Hall–Kier alpha value is -2.79. The second-order valence-electron chi connectivity index (χ2n) is 6.35. The summed E-state index contributed by atoms with van der Waals surface area (Å²) in [6.07, 6.45) is 1.38. The molecule has 1 aliphatic heterocycles. The number of aromatic hydroxyl groups is 1. The molecule has 0 spiro atoms. The first kappa shape index (κ1) is 16.7. The number of rotatable bonds is 2. The molecule has 0 atom stereocenters. The highest BCUT2D eigenvalue weighted by Gasteiger charge is 2.32. The first-order valence-electron chi connectivity index (χ1n) is 8.43. The molecule has 6 heteroatoms. The first-order chi connectivity index (χ1) is 12.6. The SMILES string of the molecule is O=C1C=C(N2CCN(c3ccccc3Cl)CC2)C(=O)c2c(O)cccc21. The van der Waals surface area contributed by atoms with Crippen LogP contribution in [0.1, 0.15) is 20.7 Å². The maximum atomic E-state index is 12.8. The van der Waals surface area contributed by atoms with Gasteiger partial charge >= 0.3 is 0 Å². The van der Waals surface area contributed by atoms with Crippen LogP contribution in [-0.2, 0) is 0 Å². The van der Waals surface area contributed by atoms with Gasteiger partial charge in [0.25, 0.3) is 0 Å². The van der Waals surface area contributed by atoms with Crippen molar-refractivity contribution in [1.82, 2.24) is 4.90 Å². The molecule has 0 amide bonds. The molecule has 1 saturated heterocycles. The lowest BCUT2D eigenvalue weighted by molar-refractivity contribution is 0.0945. The van der Waals surface area contributed by atoms with Crippen LogP contribution >= 0.6 is 11.6 Å². The fourth-order valence-corrected chi connectivity index (χ4v) is 3.77. The molecular formula is C20H17ClN2O3. The fraction of sp³-hybridized carbons (Fsp3) is 0.200. The maximum Gasteiger partial charge on any atom is 0.213 e. The van der Waals surface area contributed by atoms with E-state index in [0.717, 1.165) is 5.69 Å². The van der Waals surface area contributed by atoms with Crippen LogP contribution in [0.2, 0.25) is 5.02 Å². The van der Waals surface area contributed by atoms with Crippen LogP contribution in [0, 0.1) is 0 Å². The second kappa shape index (κ2) is 6.50. The van der Waals surface area contributed by atoms with E-state index < -0.39 is 0 Å². The topological polar surface area (TPSA) is 60.9 Å². The summed E-state index contributed by atoms with van der Waals surface area (Å²) in [5.74, 6) is -0.705. The second-order valence-corrected chi connectivity index (χ2v) is 6.76. The number of anilines is 1. The Labute approximate surface area is 156 Å². The van der Waals surface area contributed by atoms with E-state index in [1.54, 1.807) is 12.1 Å². The van der Waals surface area contributed by atoms with Crippen molar-refractivity contribution in [3.05, 3.63) is 70.4 Å². The molecule has 1 aliphatic carbocycles. The van der Waals surface area contributed by atoms with Crippen molar-refractivity contribution >= 4 is 28.9 Å². The summed E-state index contributed by atoms with van der Waals surface area (Å²) in [5.41, 5.74) is 1.68. The first-order valence-corrected chi connectivity index (χ1v) is 8.81. The average Bonchev–Trinajstić information content (AvgIpc) is 2.65. The number of carbonyl (C=O) groups is 2. The van der Waals surface area contributed by atoms with Crippen LogP contribution in [-0.4, -0.2) is 47.8 Å². The number of piperazine rings is 1. The van der Waals surface area contributed by atoms with Crippen molar-refractivity contribution in [2.75, 3.05) is 31.1 Å². The third kappa shape index (κ3) is 2.74. The van der Waals surface area contributed by atoms with Gasteiger partial charge in [-0.1, -0.05) is 35.9 Å². The minimum Gasteiger partial charge on any atom is -0.507 e. The highest BCUT2D eigenvalue weighted by atomic mass is 35.5. The summed E-state index contributed by atoms with van der Waals surface area (Å²) in [4.78, 5) is 29.3. The Balaban J connectivity index is 1.55. The van der Waals surface area contributed by atoms with Gasteiger partial charge in [-0.05, 0) is 18.2 Å². The van der Waals surface area contributed by atoms with Gasteiger partial charge in [0.1, 0.15) is 5.75 Å². The predicted octanol–water partition coefficient (Wildman–Crippen LogP) is 3.13. The summed E-state index contributed by atoms with van der Waals surface area (Å²) in [5, 5.41) is 10.7. The molecule has 1 N–H and O–H groups in total. The number of Topliss-reactive ketones (excluding diaryl/α,β-unsaturated/α-hetero) is 1. The van der Waals surface area contributed by atoms with Gasteiger partial charge in [0.2, 0.25) is 5.78 Å². The molecule has 2 aromatic rings. The molecule has 5 nitrogen and oxygen atoms in total. The number of fused-ring (bicyclic) bond motifs is 1. The number of benzene rings is 2. The lowest BCUT2D eigenvalue weighted by Gasteiger charge is -2.38. The minimum absolute atomic E-state index is 0.100. The van der Waals surface area contributed by atoms with Crippen molar-refractivity contribution < 1.29 is 14.7 Å². The molecule has 4 rings (SSSR count). The van der Waals surface area contributed by atoms with E-state index in [-0.39, 0.29) is 28.4 Å². The quantitative estimate of drug-likeness (QED) is 0.882. The van der Waals surface area contributed by atoms with E-state index in [1.807, 2.05) is 29.2 Å². The molecule has 2 aromatic carbocycles. The number of halogens is 1. The van der Waals surface area contributed by atoms with Gasteiger partial charge in [0, 0.05) is 37.8 Å².